The van der Waals surface area contributed by atoms with Gasteiger partial charge in [0.05, 0.1) is 5.56 Å². The Balaban J connectivity index is 2.15. The molecule has 0 saturated carbocycles. The maximum atomic E-state index is 12.8. The summed E-state index contributed by atoms with van der Waals surface area (Å²) >= 11 is 1.60. The topological polar surface area (TPSA) is 37.0 Å². The van der Waals surface area contributed by atoms with Crippen LogP contribution in [0.1, 0.15) is 18.1 Å². The summed E-state index contributed by atoms with van der Waals surface area (Å²) in [7, 11) is 1.54. The van der Waals surface area contributed by atoms with Gasteiger partial charge in [-0.25, -0.2) is 4.98 Å². The summed E-state index contributed by atoms with van der Waals surface area (Å²) in [6.45, 7) is 1.92. The average molecular weight is 315 g/mol. The van der Waals surface area contributed by atoms with Crippen LogP contribution in [0.3, 0.4) is 0 Å². The molecule has 0 aliphatic heterocycles. The lowest BCUT2D eigenvalue weighted by Crippen LogP contribution is -2.19. The van der Waals surface area contributed by atoms with E-state index in [1.165, 1.54) is 0 Å². The van der Waals surface area contributed by atoms with Crippen molar-refractivity contribution in [3.05, 3.63) is 40.1 Å². The number of pyridine rings is 1. The number of alkyl halides is 3. The SMILES string of the molecule is CNc1cc(C(F)(F)F)cc(NC(C)Cc2ccsc2)n1. The molecule has 0 radical (unpaired) electrons. The largest absolute Gasteiger partial charge is 0.416 e. The van der Waals surface area contributed by atoms with Gasteiger partial charge in [0, 0.05) is 13.1 Å². The Kier molecular flexibility index (Phi) is 4.72. The smallest absolute Gasteiger partial charge is 0.373 e. The third kappa shape index (κ3) is 4.35. The van der Waals surface area contributed by atoms with Gasteiger partial charge in [0.25, 0.3) is 0 Å². The third-order valence-corrected chi connectivity index (χ3v) is 3.66. The Hall–Kier alpha value is -1.76. The summed E-state index contributed by atoms with van der Waals surface area (Å²) < 4.78 is 38.5. The first-order valence-corrected chi connectivity index (χ1v) is 7.37. The first-order valence-electron chi connectivity index (χ1n) is 6.43. The zero-order chi connectivity index (χ0) is 15.5. The Morgan fingerprint density at radius 2 is 2.00 bits per heavy atom. The monoisotopic (exact) mass is 315 g/mol. The van der Waals surface area contributed by atoms with Crippen LogP contribution in [0.25, 0.3) is 0 Å². The molecule has 2 N–H and O–H groups in total. The van der Waals surface area contributed by atoms with E-state index in [0.29, 0.717) is 0 Å². The highest BCUT2D eigenvalue weighted by molar-refractivity contribution is 7.07. The Bertz CT molecular complexity index is 582. The molecule has 0 aliphatic carbocycles. The molecule has 2 aromatic heterocycles. The van der Waals surface area contributed by atoms with Crippen molar-refractivity contribution in [3.8, 4) is 0 Å². The molecule has 114 valence electrons. The molecule has 0 bridgehead atoms. The quantitative estimate of drug-likeness (QED) is 0.866. The van der Waals surface area contributed by atoms with Gasteiger partial charge in [-0.15, -0.1) is 0 Å². The fourth-order valence-corrected chi connectivity index (χ4v) is 2.64. The van der Waals surface area contributed by atoms with Crippen LogP contribution in [0, 0.1) is 0 Å². The van der Waals surface area contributed by atoms with Gasteiger partial charge >= 0.3 is 6.18 Å². The summed E-state index contributed by atoms with van der Waals surface area (Å²) in [6.07, 6.45) is -3.65. The minimum atomic E-state index is -4.39. The molecule has 0 aromatic carbocycles. The van der Waals surface area contributed by atoms with Crippen LogP contribution < -0.4 is 10.6 Å². The van der Waals surface area contributed by atoms with Crippen LogP contribution in [0.15, 0.2) is 29.0 Å². The summed E-state index contributed by atoms with van der Waals surface area (Å²) in [5.41, 5.74) is 0.438. The molecule has 7 heteroatoms. The lowest BCUT2D eigenvalue weighted by atomic mass is 10.1. The van der Waals surface area contributed by atoms with E-state index in [1.54, 1.807) is 18.4 Å². The van der Waals surface area contributed by atoms with Crippen LogP contribution in [0.2, 0.25) is 0 Å². The number of aromatic nitrogens is 1. The van der Waals surface area contributed by atoms with Crippen LogP contribution in [0.4, 0.5) is 24.8 Å². The van der Waals surface area contributed by atoms with Gasteiger partial charge in [0.1, 0.15) is 11.6 Å². The molecule has 0 spiro atoms. The summed E-state index contributed by atoms with van der Waals surface area (Å²) in [5, 5.41) is 9.67. The zero-order valence-electron chi connectivity index (χ0n) is 11.7. The average Bonchev–Trinajstić information content (AvgIpc) is 2.89. The Morgan fingerprint density at radius 1 is 1.29 bits per heavy atom. The number of halogens is 3. The summed E-state index contributed by atoms with van der Waals surface area (Å²) in [6, 6.07) is 4.02. The minimum Gasteiger partial charge on any atom is -0.373 e. The predicted octanol–water partition coefficient (Wildman–Crippen LogP) is 4.25. The number of nitrogens with one attached hydrogen (secondary N) is 2. The fourth-order valence-electron chi connectivity index (χ4n) is 1.96. The molecule has 21 heavy (non-hydrogen) atoms. The Labute approximate surface area is 125 Å². The molecule has 0 fully saturated rings. The number of hydrogen-bond acceptors (Lipinski definition) is 4. The number of rotatable bonds is 5. The summed E-state index contributed by atoms with van der Waals surface area (Å²) in [4.78, 5) is 4.12. The lowest BCUT2D eigenvalue weighted by molar-refractivity contribution is -0.137. The summed E-state index contributed by atoms with van der Waals surface area (Å²) in [5.74, 6) is 0.409. The molecule has 1 unspecified atom stereocenters. The van der Waals surface area contributed by atoms with E-state index < -0.39 is 11.7 Å². The van der Waals surface area contributed by atoms with Crippen molar-refractivity contribution in [2.24, 2.45) is 0 Å². The molecule has 3 nitrogen and oxygen atoms in total. The van der Waals surface area contributed by atoms with Gasteiger partial charge in [-0.1, -0.05) is 0 Å². The normalized spacial score (nSPS) is 13.0. The van der Waals surface area contributed by atoms with Gasteiger partial charge < -0.3 is 10.6 Å². The van der Waals surface area contributed by atoms with Gasteiger partial charge in [-0.3, -0.25) is 0 Å². The van der Waals surface area contributed by atoms with Crippen molar-refractivity contribution in [3.63, 3.8) is 0 Å². The number of nitrogens with zero attached hydrogens (tertiary/aromatic N) is 1. The second kappa shape index (κ2) is 6.34. The van der Waals surface area contributed by atoms with Crippen LogP contribution in [0.5, 0.6) is 0 Å². The van der Waals surface area contributed by atoms with E-state index >= 15 is 0 Å². The first kappa shape index (κ1) is 15.6. The van der Waals surface area contributed by atoms with Crippen molar-refractivity contribution in [2.75, 3.05) is 17.7 Å². The second-order valence-electron chi connectivity index (χ2n) is 4.76. The molecule has 2 heterocycles. The van der Waals surface area contributed by atoms with Gasteiger partial charge in [-0.2, -0.15) is 24.5 Å². The second-order valence-corrected chi connectivity index (χ2v) is 5.54. The highest BCUT2D eigenvalue weighted by atomic mass is 32.1. The van der Waals surface area contributed by atoms with Crippen LogP contribution in [-0.4, -0.2) is 18.1 Å². The van der Waals surface area contributed by atoms with Gasteiger partial charge in [0.15, 0.2) is 0 Å². The minimum absolute atomic E-state index is 0.0136. The van der Waals surface area contributed by atoms with E-state index in [0.717, 1.165) is 24.1 Å². The lowest BCUT2D eigenvalue weighted by Gasteiger charge is -2.16. The fraction of sp³-hybridized carbons (Fsp3) is 0.357. The highest BCUT2D eigenvalue weighted by Gasteiger charge is 2.31. The van der Waals surface area contributed by atoms with E-state index in [-0.39, 0.29) is 17.7 Å². The maximum absolute atomic E-state index is 12.8. The molecule has 2 aromatic rings. The van der Waals surface area contributed by atoms with E-state index in [9.17, 15) is 13.2 Å². The van der Waals surface area contributed by atoms with Crippen molar-refractivity contribution < 1.29 is 13.2 Å². The van der Waals surface area contributed by atoms with Crippen molar-refractivity contribution in [2.45, 2.75) is 25.6 Å². The predicted molar refractivity (Wildman–Crippen MR) is 79.9 cm³/mol. The van der Waals surface area contributed by atoms with E-state index in [2.05, 4.69) is 15.6 Å². The van der Waals surface area contributed by atoms with Crippen LogP contribution >= 0.6 is 11.3 Å². The van der Waals surface area contributed by atoms with Gasteiger partial charge in [-0.05, 0) is 47.9 Å². The standard InChI is InChI=1S/C14H16F3N3S/c1-9(5-10-3-4-21-8-10)19-13-7-11(14(15,16)17)6-12(18-2)20-13/h3-4,6-9H,5H2,1-2H3,(H2,18,19,20). The van der Waals surface area contributed by atoms with Gasteiger partial charge in [0.2, 0.25) is 0 Å². The maximum Gasteiger partial charge on any atom is 0.416 e. The number of anilines is 2. The molecule has 1 atom stereocenters. The van der Waals surface area contributed by atoms with Crippen molar-refractivity contribution >= 4 is 23.0 Å². The number of hydrogen-bond donors (Lipinski definition) is 2. The number of thiophene rings is 1. The highest BCUT2D eigenvalue weighted by Crippen LogP contribution is 2.32. The molecular weight excluding hydrogens is 299 g/mol. The molecule has 0 saturated heterocycles. The van der Waals surface area contributed by atoms with Crippen molar-refractivity contribution in [1.29, 1.82) is 0 Å². The third-order valence-electron chi connectivity index (χ3n) is 2.93. The molecule has 0 aliphatic rings. The van der Waals surface area contributed by atoms with E-state index in [1.807, 2.05) is 23.8 Å². The molecular formula is C14H16F3N3S. The molecule has 0 amide bonds. The molecule has 2 rings (SSSR count). The zero-order valence-corrected chi connectivity index (χ0v) is 12.5. The van der Waals surface area contributed by atoms with Crippen molar-refractivity contribution in [1.82, 2.24) is 4.98 Å². The van der Waals surface area contributed by atoms with Crippen LogP contribution in [-0.2, 0) is 12.6 Å². The first-order chi connectivity index (χ1) is 9.88. The van der Waals surface area contributed by atoms with E-state index in [4.69, 9.17) is 0 Å². The Morgan fingerprint density at radius 3 is 2.57 bits per heavy atom.